The van der Waals surface area contributed by atoms with E-state index in [0.29, 0.717) is 45.6 Å². The zero-order valence-corrected chi connectivity index (χ0v) is 14.0. The number of carbonyl (C=O) groups is 2. The van der Waals surface area contributed by atoms with Gasteiger partial charge in [0.05, 0.1) is 24.7 Å². The van der Waals surface area contributed by atoms with E-state index in [2.05, 4.69) is 0 Å². The van der Waals surface area contributed by atoms with Crippen molar-refractivity contribution in [1.82, 2.24) is 9.80 Å². The molecule has 1 atom stereocenters. The molecule has 0 N–H and O–H groups in total. The number of hydrogen-bond donors (Lipinski definition) is 0. The lowest BCUT2D eigenvalue weighted by Crippen LogP contribution is -2.53. The van der Waals surface area contributed by atoms with Crippen molar-refractivity contribution in [3.63, 3.8) is 0 Å². The average molecular weight is 346 g/mol. The molecule has 1 unspecified atom stereocenters. The fraction of sp³-hybridized carbons (Fsp3) is 0.857. The minimum Gasteiger partial charge on any atom is -0.347 e. The van der Waals surface area contributed by atoms with Gasteiger partial charge < -0.3 is 19.3 Å². The standard InChI is InChI=1S/C14H22N2O6S/c1-15(11-2-9-23(19,20)10-11)12(17)13(18)16-5-3-14(4-6-16)21-7-8-22-14/h11H,2-10H2,1H3. The smallest absolute Gasteiger partial charge is 0.312 e. The van der Waals surface area contributed by atoms with E-state index >= 15 is 0 Å². The van der Waals surface area contributed by atoms with Crippen molar-refractivity contribution in [2.75, 3.05) is 44.9 Å². The number of likely N-dealkylation sites (N-methyl/N-ethyl adjacent to an activating group) is 1. The van der Waals surface area contributed by atoms with Gasteiger partial charge in [-0.2, -0.15) is 0 Å². The molecule has 0 bridgehead atoms. The first-order valence-corrected chi connectivity index (χ1v) is 9.68. The number of nitrogens with zero attached hydrogens (tertiary/aromatic N) is 2. The van der Waals surface area contributed by atoms with E-state index in [0.717, 1.165) is 0 Å². The third kappa shape index (κ3) is 3.36. The molecule has 3 fully saturated rings. The third-order valence-corrected chi connectivity index (χ3v) is 6.64. The average Bonchev–Trinajstić information content (AvgIpc) is 3.12. The van der Waals surface area contributed by atoms with Crippen molar-refractivity contribution in [3.8, 4) is 0 Å². The van der Waals surface area contributed by atoms with Crippen LogP contribution in [-0.2, 0) is 28.9 Å². The Labute approximate surface area is 135 Å². The highest BCUT2D eigenvalue weighted by Crippen LogP contribution is 2.31. The highest BCUT2D eigenvalue weighted by Gasteiger charge is 2.43. The van der Waals surface area contributed by atoms with Crippen molar-refractivity contribution in [2.24, 2.45) is 0 Å². The Hall–Kier alpha value is -1.19. The van der Waals surface area contributed by atoms with Gasteiger partial charge >= 0.3 is 11.8 Å². The molecular weight excluding hydrogens is 324 g/mol. The van der Waals surface area contributed by atoms with E-state index in [1.165, 1.54) is 16.8 Å². The Balaban J connectivity index is 1.56. The van der Waals surface area contributed by atoms with Gasteiger partial charge in [-0.25, -0.2) is 8.42 Å². The molecule has 23 heavy (non-hydrogen) atoms. The number of likely N-dealkylation sites (tertiary alicyclic amines) is 1. The van der Waals surface area contributed by atoms with Gasteiger partial charge in [-0.3, -0.25) is 9.59 Å². The summed E-state index contributed by atoms with van der Waals surface area (Å²) in [5, 5.41) is 0. The van der Waals surface area contributed by atoms with E-state index in [1.54, 1.807) is 0 Å². The molecule has 0 aromatic rings. The van der Waals surface area contributed by atoms with Crippen molar-refractivity contribution in [3.05, 3.63) is 0 Å². The lowest BCUT2D eigenvalue weighted by atomic mass is 10.0. The molecule has 130 valence electrons. The largest absolute Gasteiger partial charge is 0.347 e. The number of piperidine rings is 1. The molecule has 0 aromatic carbocycles. The summed E-state index contributed by atoms with van der Waals surface area (Å²) in [6.07, 6.45) is 1.49. The Bertz CT molecular complexity index is 588. The normalized spacial score (nSPS) is 28.9. The van der Waals surface area contributed by atoms with Gasteiger partial charge in [0.15, 0.2) is 15.6 Å². The Morgan fingerprint density at radius 2 is 1.78 bits per heavy atom. The number of rotatable bonds is 1. The number of hydrogen-bond acceptors (Lipinski definition) is 6. The van der Waals surface area contributed by atoms with Crippen molar-refractivity contribution in [2.45, 2.75) is 31.1 Å². The molecule has 8 nitrogen and oxygen atoms in total. The van der Waals surface area contributed by atoms with E-state index < -0.39 is 33.5 Å². The summed E-state index contributed by atoms with van der Waals surface area (Å²) >= 11 is 0. The molecule has 1 spiro atoms. The monoisotopic (exact) mass is 346 g/mol. The Morgan fingerprint density at radius 1 is 1.17 bits per heavy atom. The highest BCUT2D eigenvalue weighted by molar-refractivity contribution is 7.91. The first-order chi connectivity index (χ1) is 10.8. The molecule has 3 rings (SSSR count). The molecule has 0 aromatic heterocycles. The van der Waals surface area contributed by atoms with Crippen LogP contribution in [0.15, 0.2) is 0 Å². The van der Waals surface area contributed by atoms with E-state index in [9.17, 15) is 18.0 Å². The summed E-state index contributed by atoms with van der Waals surface area (Å²) in [4.78, 5) is 27.5. The van der Waals surface area contributed by atoms with Crippen molar-refractivity contribution in [1.29, 1.82) is 0 Å². The van der Waals surface area contributed by atoms with Gasteiger partial charge in [-0.15, -0.1) is 0 Å². The van der Waals surface area contributed by atoms with Crippen LogP contribution in [-0.4, -0.2) is 86.7 Å². The predicted octanol–water partition coefficient (Wildman–Crippen LogP) is -1.00. The van der Waals surface area contributed by atoms with Crippen LogP contribution in [0.2, 0.25) is 0 Å². The molecule has 3 heterocycles. The molecule has 0 saturated carbocycles. The second-order valence-corrected chi connectivity index (χ2v) is 8.60. The Kier molecular flexibility index (Phi) is 4.37. The van der Waals surface area contributed by atoms with Crippen LogP contribution < -0.4 is 0 Å². The van der Waals surface area contributed by atoms with Crippen LogP contribution in [0.3, 0.4) is 0 Å². The van der Waals surface area contributed by atoms with Crippen LogP contribution >= 0.6 is 0 Å². The molecule has 0 aliphatic carbocycles. The van der Waals surface area contributed by atoms with E-state index in [-0.39, 0.29) is 11.5 Å². The fourth-order valence-electron chi connectivity index (χ4n) is 3.37. The van der Waals surface area contributed by atoms with Gasteiger partial charge in [-0.1, -0.05) is 0 Å². The van der Waals surface area contributed by atoms with Crippen molar-refractivity contribution < 1.29 is 27.5 Å². The van der Waals surface area contributed by atoms with Gasteiger partial charge in [0, 0.05) is 39.0 Å². The topological polar surface area (TPSA) is 93.2 Å². The summed E-state index contributed by atoms with van der Waals surface area (Å²) in [5.41, 5.74) is 0. The first-order valence-electron chi connectivity index (χ1n) is 7.86. The van der Waals surface area contributed by atoms with Gasteiger partial charge in [-0.05, 0) is 6.42 Å². The van der Waals surface area contributed by atoms with Gasteiger partial charge in [0.25, 0.3) is 0 Å². The molecular formula is C14H22N2O6S. The summed E-state index contributed by atoms with van der Waals surface area (Å²) in [7, 11) is -1.59. The molecule has 3 aliphatic rings. The zero-order chi connectivity index (χ0) is 16.7. The summed E-state index contributed by atoms with van der Waals surface area (Å²) in [6, 6.07) is -0.408. The number of amides is 2. The second-order valence-electron chi connectivity index (χ2n) is 6.37. The van der Waals surface area contributed by atoms with Crippen LogP contribution in [0.1, 0.15) is 19.3 Å². The highest BCUT2D eigenvalue weighted by atomic mass is 32.2. The minimum atomic E-state index is -3.09. The maximum Gasteiger partial charge on any atom is 0.312 e. The number of ether oxygens (including phenoxy) is 2. The zero-order valence-electron chi connectivity index (χ0n) is 13.2. The molecule has 3 aliphatic heterocycles. The maximum atomic E-state index is 12.4. The Morgan fingerprint density at radius 3 is 2.30 bits per heavy atom. The van der Waals surface area contributed by atoms with Crippen LogP contribution in [0.5, 0.6) is 0 Å². The van der Waals surface area contributed by atoms with Crippen LogP contribution in [0, 0.1) is 0 Å². The summed E-state index contributed by atoms with van der Waals surface area (Å²) in [6.45, 7) is 1.93. The molecule has 9 heteroatoms. The molecule has 2 amide bonds. The lowest BCUT2D eigenvalue weighted by Gasteiger charge is -2.37. The molecule has 0 radical (unpaired) electrons. The van der Waals surface area contributed by atoms with Crippen LogP contribution in [0.4, 0.5) is 0 Å². The van der Waals surface area contributed by atoms with E-state index in [4.69, 9.17) is 9.47 Å². The van der Waals surface area contributed by atoms with Crippen LogP contribution in [0.25, 0.3) is 0 Å². The SMILES string of the molecule is CN(C(=O)C(=O)N1CCC2(CC1)OCCO2)C1CCS(=O)(=O)C1. The second kappa shape index (κ2) is 6.03. The van der Waals surface area contributed by atoms with Crippen molar-refractivity contribution >= 4 is 21.7 Å². The summed E-state index contributed by atoms with van der Waals surface area (Å²) < 4.78 is 34.2. The fourth-order valence-corrected chi connectivity index (χ4v) is 5.14. The summed E-state index contributed by atoms with van der Waals surface area (Å²) in [5.74, 6) is -1.80. The predicted molar refractivity (Wildman–Crippen MR) is 80.3 cm³/mol. The van der Waals surface area contributed by atoms with Gasteiger partial charge in [0.1, 0.15) is 0 Å². The maximum absolute atomic E-state index is 12.4. The molecule has 3 saturated heterocycles. The van der Waals surface area contributed by atoms with Gasteiger partial charge in [0.2, 0.25) is 0 Å². The minimum absolute atomic E-state index is 0.0622. The third-order valence-electron chi connectivity index (χ3n) is 4.89. The first kappa shape index (κ1) is 16.7. The lowest BCUT2D eigenvalue weighted by molar-refractivity contribution is -0.188. The van der Waals surface area contributed by atoms with E-state index in [1.807, 2.05) is 0 Å². The number of carbonyl (C=O) groups excluding carboxylic acids is 2. The quantitative estimate of drug-likeness (QED) is 0.565. The number of sulfone groups is 1.